The largest absolute Gasteiger partial charge is 0.339 e. The molecule has 0 fully saturated rings. The molecule has 2 aromatic carbocycles. The Balaban J connectivity index is 1.84. The summed E-state index contributed by atoms with van der Waals surface area (Å²) in [4.78, 5) is 6.87. The van der Waals surface area contributed by atoms with Gasteiger partial charge in [-0.3, -0.25) is 0 Å². The Labute approximate surface area is 137 Å². The average molecular weight is 359 g/mol. The van der Waals surface area contributed by atoms with E-state index in [1.165, 1.54) is 11.1 Å². The number of hydrogen-bond acceptors (Lipinski definition) is 3. The summed E-state index contributed by atoms with van der Waals surface area (Å²) in [6.45, 7) is 1.71. The Kier molecular flexibility index (Phi) is 4.68. The van der Waals surface area contributed by atoms with E-state index >= 15 is 0 Å². The molecule has 0 saturated heterocycles. The number of rotatable bonds is 5. The highest BCUT2D eigenvalue weighted by molar-refractivity contribution is 9.10. The van der Waals surface area contributed by atoms with Crippen molar-refractivity contribution in [3.63, 3.8) is 0 Å². The Hall–Kier alpha value is -1.65. The highest BCUT2D eigenvalue weighted by atomic mass is 79.9. The molecule has 0 aliphatic carbocycles. The van der Waals surface area contributed by atoms with E-state index < -0.39 is 0 Å². The lowest BCUT2D eigenvalue weighted by atomic mass is 10.2. The van der Waals surface area contributed by atoms with Gasteiger partial charge in [-0.25, -0.2) is 4.98 Å². The summed E-state index contributed by atoms with van der Waals surface area (Å²) in [5, 5.41) is 3.06. The minimum Gasteiger partial charge on any atom is -0.339 e. The SMILES string of the molecule is Brc1csc(N(Cc2ccccc2)Cc2ccccc2)n1. The van der Waals surface area contributed by atoms with Gasteiger partial charge < -0.3 is 4.90 Å². The zero-order chi connectivity index (χ0) is 14.5. The molecule has 1 aromatic heterocycles. The number of anilines is 1. The van der Waals surface area contributed by atoms with Crippen LogP contribution in [-0.4, -0.2) is 4.98 Å². The lowest BCUT2D eigenvalue weighted by Crippen LogP contribution is -2.21. The zero-order valence-corrected chi connectivity index (χ0v) is 13.8. The standard InChI is InChI=1S/C17H15BrN2S/c18-16-13-21-17(19-16)20(11-14-7-3-1-4-8-14)12-15-9-5-2-6-10-15/h1-10,13H,11-12H2. The van der Waals surface area contributed by atoms with Crippen molar-refractivity contribution in [2.24, 2.45) is 0 Å². The number of benzene rings is 2. The molecule has 3 aromatic rings. The van der Waals surface area contributed by atoms with Crippen LogP contribution in [0.1, 0.15) is 11.1 Å². The first kappa shape index (κ1) is 14.3. The molecule has 0 bridgehead atoms. The fourth-order valence-corrected chi connectivity index (χ4v) is 3.44. The summed E-state index contributed by atoms with van der Waals surface area (Å²) in [6.07, 6.45) is 0. The first-order valence-corrected chi connectivity index (χ1v) is 8.42. The highest BCUT2D eigenvalue weighted by Crippen LogP contribution is 2.26. The van der Waals surface area contributed by atoms with Gasteiger partial charge in [-0.05, 0) is 27.1 Å². The number of thiazole rings is 1. The van der Waals surface area contributed by atoms with Gasteiger partial charge in [-0.1, -0.05) is 60.7 Å². The van der Waals surface area contributed by atoms with E-state index in [1.54, 1.807) is 11.3 Å². The van der Waals surface area contributed by atoms with Crippen molar-refractivity contribution in [1.82, 2.24) is 4.98 Å². The van der Waals surface area contributed by atoms with Gasteiger partial charge in [0.1, 0.15) is 4.60 Å². The van der Waals surface area contributed by atoms with Crippen molar-refractivity contribution in [3.8, 4) is 0 Å². The fourth-order valence-electron chi connectivity index (χ4n) is 2.19. The average Bonchev–Trinajstić information content (AvgIpc) is 2.95. The normalized spacial score (nSPS) is 10.5. The van der Waals surface area contributed by atoms with Crippen LogP contribution < -0.4 is 4.90 Å². The predicted octanol–water partition coefficient (Wildman–Crippen LogP) is 5.11. The summed E-state index contributed by atoms with van der Waals surface area (Å²) in [7, 11) is 0. The maximum atomic E-state index is 4.56. The molecule has 21 heavy (non-hydrogen) atoms. The molecule has 0 spiro atoms. The summed E-state index contributed by atoms with van der Waals surface area (Å²) < 4.78 is 0.897. The number of halogens is 1. The molecule has 0 unspecified atom stereocenters. The molecule has 2 nitrogen and oxygen atoms in total. The van der Waals surface area contributed by atoms with E-state index in [2.05, 4.69) is 74.3 Å². The van der Waals surface area contributed by atoms with E-state index in [4.69, 9.17) is 0 Å². The molecule has 0 aliphatic rings. The second-order valence-corrected chi connectivity index (χ2v) is 6.43. The first-order chi connectivity index (χ1) is 10.3. The van der Waals surface area contributed by atoms with Gasteiger partial charge in [0.2, 0.25) is 0 Å². The van der Waals surface area contributed by atoms with Crippen LogP contribution in [0.4, 0.5) is 5.13 Å². The molecule has 1 heterocycles. The van der Waals surface area contributed by atoms with Crippen molar-refractivity contribution in [3.05, 3.63) is 81.8 Å². The smallest absolute Gasteiger partial charge is 0.186 e. The second-order valence-electron chi connectivity index (χ2n) is 4.78. The highest BCUT2D eigenvalue weighted by Gasteiger charge is 2.12. The van der Waals surface area contributed by atoms with Gasteiger partial charge in [0.05, 0.1) is 0 Å². The predicted molar refractivity (Wildman–Crippen MR) is 92.6 cm³/mol. The van der Waals surface area contributed by atoms with E-state index in [9.17, 15) is 0 Å². The van der Waals surface area contributed by atoms with E-state index in [0.29, 0.717) is 0 Å². The molecule has 106 valence electrons. The monoisotopic (exact) mass is 358 g/mol. The van der Waals surface area contributed by atoms with E-state index in [1.807, 2.05) is 17.5 Å². The van der Waals surface area contributed by atoms with Crippen molar-refractivity contribution in [2.75, 3.05) is 4.90 Å². The van der Waals surface area contributed by atoms with Crippen LogP contribution in [0.15, 0.2) is 70.6 Å². The number of nitrogens with zero attached hydrogens (tertiary/aromatic N) is 2. The number of hydrogen-bond donors (Lipinski definition) is 0. The Morgan fingerprint density at radius 2 is 1.38 bits per heavy atom. The van der Waals surface area contributed by atoms with Gasteiger partial charge in [0.15, 0.2) is 5.13 Å². The van der Waals surface area contributed by atoms with E-state index in [-0.39, 0.29) is 0 Å². The maximum Gasteiger partial charge on any atom is 0.186 e. The maximum absolute atomic E-state index is 4.56. The Morgan fingerprint density at radius 1 is 0.857 bits per heavy atom. The van der Waals surface area contributed by atoms with Crippen molar-refractivity contribution in [1.29, 1.82) is 0 Å². The molecular weight excluding hydrogens is 344 g/mol. The minimum absolute atomic E-state index is 0.857. The third-order valence-electron chi connectivity index (χ3n) is 3.17. The van der Waals surface area contributed by atoms with Crippen molar-refractivity contribution in [2.45, 2.75) is 13.1 Å². The third-order valence-corrected chi connectivity index (χ3v) is 4.78. The van der Waals surface area contributed by atoms with Crippen LogP contribution in [-0.2, 0) is 13.1 Å². The second kappa shape index (κ2) is 6.87. The first-order valence-electron chi connectivity index (χ1n) is 6.75. The van der Waals surface area contributed by atoms with Crippen LogP contribution in [0.5, 0.6) is 0 Å². The molecule has 0 N–H and O–H groups in total. The van der Waals surface area contributed by atoms with Gasteiger partial charge >= 0.3 is 0 Å². The van der Waals surface area contributed by atoms with Crippen LogP contribution in [0.2, 0.25) is 0 Å². The molecule has 4 heteroatoms. The van der Waals surface area contributed by atoms with Crippen LogP contribution in [0.25, 0.3) is 0 Å². The summed E-state index contributed by atoms with van der Waals surface area (Å²) >= 11 is 5.11. The van der Waals surface area contributed by atoms with Crippen molar-refractivity contribution < 1.29 is 0 Å². The molecule has 0 aliphatic heterocycles. The number of aromatic nitrogens is 1. The van der Waals surface area contributed by atoms with Gasteiger partial charge in [-0.2, -0.15) is 0 Å². The molecule has 0 saturated carbocycles. The summed E-state index contributed by atoms with van der Waals surface area (Å²) in [6, 6.07) is 21.0. The quantitative estimate of drug-likeness (QED) is 0.629. The molecular formula is C17H15BrN2S. The van der Waals surface area contributed by atoms with Gasteiger partial charge in [0.25, 0.3) is 0 Å². The molecule has 0 radical (unpaired) electrons. The van der Waals surface area contributed by atoms with E-state index in [0.717, 1.165) is 22.8 Å². The van der Waals surface area contributed by atoms with Crippen LogP contribution in [0.3, 0.4) is 0 Å². The van der Waals surface area contributed by atoms with Crippen LogP contribution in [0, 0.1) is 0 Å². The summed E-state index contributed by atoms with van der Waals surface area (Å²) in [5.41, 5.74) is 2.58. The van der Waals surface area contributed by atoms with Crippen molar-refractivity contribution >= 4 is 32.4 Å². The molecule has 0 amide bonds. The molecule has 0 atom stereocenters. The molecule has 3 rings (SSSR count). The minimum atomic E-state index is 0.857. The van der Waals surface area contributed by atoms with Gasteiger partial charge in [0, 0.05) is 18.5 Å². The fraction of sp³-hybridized carbons (Fsp3) is 0.118. The lowest BCUT2D eigenvalue weighted by molar-refractivity contribution is 0.794. The van der Waals surface area contributed by atoms with Gasteiger partial charge in [-0.15, -0.1) is 11.3 Å². The topological polar surface area (TPSA) is 16.1 Å². The third kappa shape index (κ3) is 3.93. The Bertz CT molecular complexity index is 641. The van der Waals surface area contributed by atoms with Crippen LogP contribution >= 0.6 is 27.3 Å². The Morgan fingerprint density at radius 3 is 1.81 bits per heavy atom. The zero-order valence-electron chi connectivity index (χ0n) is 11.4. The lowest BCUT2D eigenvalue weighted by Gasteiger charge is -2.22. The summed E-state index contributed by atoms with van der Waals surface area (Å²) in [5.74, 6) is 0.